The molecule has 7 heteroatoms. The van der Waals surface area contributed by atoms with Gasteiger partial charge in [0.2, 0.25) is 17.6 Å². The SMILES string of the molecule is O=C(O)C[n+]1c2ccccc2c(C(=O)Oc2c(Br)cccc2Br)c2ccccc21. The average molecular weight is 516 g/mol. The lowest BCUT2D eigenvalue weighted by atomic mass is 10.0. The minimum atomic E-state index is -0.960. The number of aliphatic carboxylic acids is 1. The van der Waals surface area contributed by atoms with Gasteiger partial charge in [0.15, 0.2) is 5.75 Å². The molecule has 144 valence electrons. The number of aromatic nitrogens is 1. The number of hydrogen-bond donors (Lipinski definition) is 1. The van der Waals surface area contributed by atoms with Crippen LogP contribution in [0.5, 0.6) is 5.75 Å². The molecular weight excluding hydrogens is 502 g/mol. The van der Waals surface area contributed by atoms with Crippen molar-refractivity contribution in [2.24, 2.45) is 0 Å². The van der Waals surface area contributed by atoms with Crippen LogP contribution < -0.4 is 9.30 Å². The van der Waals surface area contributed by atoms with Gasteiger partial charge in [0.05, 0.1) is 25.3 Å². The number of benzene rings is 3. The van der Waals surface area contributed by atoms with E-state index in [1.807, 2.05) is 30.3 Å². The number of halogens is 2. The molecule has 0 spiro atoms. The first-order valence-electron chi connectivity index (χ1n) is 8.68. The van der Waals surface area contributed by atoms with Crippen LogP contribution in [0.1, 0.15) is 10.4 Å². The zero-order chi connectivity index (χ0) is 20.5. The molecule has 29 heavy (non-hydrogen) atoms. The highest BCUT2D eigenvalue weighted by atomic mass is 79.9. The van der Waals surface area contributed by atoms with Crippen LogP contribution in [-0.2, 0) is 11.3 Å². The van der Waals surface area contributed by atoms with Crippen LogP contribution in [-0.4, -0.2) is 17.0 Å². The molecule has 0 saturated heterocycles. The van der Waals surface area contributed by atoms with Gasteiger partial charge in [0.25, 0.3) is 0 Å². The first-order valence-corrected chi connectivity index (χ1v) is 10.3. The number of pyridine rings is 1. The van der Waals surface area contributed by atoms with E-state index in [1.165, 1.54) is 0 Å². The second kappa shape index (κ2) is 7.93. The molecule has 0 saturated carbocycles. The van der Waals surface area contributed by atoms with Crippen LogP contribution in [0, 0.1) is 0 Å². The van der Waals surface area contributed by atoms with E-state index < -0.39 is 11.9 Å². The molecule has 1 N–H and O–H groups in total. The first kappa shape index (κ1) is 19.5. The van der Waals surface area contributed by atoms with Gasteiger partial charge in [-0.25, -0.2) is 9.59 Å². The molecule has 5 nitrogen and oxygen atoms in total. The Kier molecular flexibility index (Phi) is 5.34. The van der Waals surface area contributed by atoms with Gasteiger partial charge >= 0.3 is 11.9 Å². The van der Waals surface area contributed by atoms with Crippen LogP contribution >= 0.6 is 31.9 Å². The molecule has 1 heterocycles. The van der Waals surface area contributed by atoms with E-state index in [-0.39, 0.29) is 6.54 Å². The third-order valence-electron chi connectivity index (χ3n) is 4.54. The molecule has 0 radical (unpaired) electrons. The van der Waals surface area contributed by atoms with E-state index in [0.717, 1.165) is 0 Å². The summed E-state index contributed by atoms with van der Waals surface area (Å²) in [6, 6.07) is 19.9. The highest BCUT2D eigenvalue weighted by Gasteiger charge is 2.27. The second-order valence-corrected chi connectivity index (χ2v) is 8.04. The van der Waals surface area contributed by atoms with E-state index in [1.54, 1.807) is 41.0 Å². The predicted octanol–water partition coefficient (Wildman–Crippen LogP) is 5.11. The Balaban J connectivity index is 1.99. The van der Waals surface area contributed by atoms with Crippen molar-refractivity contribution in [3.05, 3.63) is 81.2 Å². The molecule has 0 atom stereocenters. The lowest BCUT2D eigenvalue weighted by Crippen LogP contribution is -2.40. The summed E-state index contributed by atoms with van der Waals surface area (Å²) in [5, 5.41) is 10.6. The van der Waals surface area contributed by atoms with Crippen LogP contribution in [0.2, 0.25) is 0 Å². The summed E-state index contributed by atoms with van der Waals surface area (Å²) in [5.74, 6) is -1.10. The molecule has 0 aliphatic heterocycles. The lowest BCUT2D eigenvalue weighted by molar-refractivity contribution is -0.633. The maximum absolute atomic E-state index is 13.3. The van der Waals surface area contributed by atoms with Crippen LogP contribution in [0.15, 0.2) is 75.7 Å². The van der Waals surface area contributed by atoms with Crippen LogP contribution in [0.4, 0.5) is 0 Å². The first-order chi connectivity index (χ1) is 14.0. The van der Waals surface area contributed by atoms with E-state index >= 15 is 0 Å². The Hall–Kier alpha value is -2.77. The normalized spacial score (nSPS) is 11.0. The molecule has 0 amide bonds. The Labute approximate surface area is 182 Å². The topological polar surface area (TPSA) is 67.5 Å². The monoisotopic (exact) mass is 514 g/mol. The number of carbonyl (C=O) groups excluding carboxylic acids is 1. The van der Waals surface area contributed by atoms with Crippen molar-refractivity contribution in [3.63, 3.8) is 0 Å². The molecule has 3 aromatic carbocycles. The van der Waals surface area contributed by atoms with Crippen LogP contribution in [0.25, 0.3) is 21.8 Å². The second-order valence-electron chi connectivity index (χ2n) is 6.33. The molecule has 1 aromatic heterocycles. The Morgan fingerprint density at radius 3 is 1.86 bits per heavy atom. The number of hydrogen-bond acceptors (Lipinski definition) is 3. The van der Waals surface area contributed by atoms with Gasteiger partial charge in [-0.1, -0.05) is 30.3 Å². The predicted molar refractivity (Wildman–Crippen MR) is 116 cm³/mol. The Morgan fingerprint density at radius 1 is 0.828 bits per heavy atom. The van der Waals surface area contributed by atoms with E-state index in [9.17, 15) is 14.7 Å². The number of fused-ring (bicyclic) bond motifs is 2. The zero-order valence-electron chi connectivity index (χ0n) is 14.9. The summed E-state index contributed by atoms with van der Waals surface area (Å²) < 4.78 is 8.72. The smallest absolute Gasteiger partial charge is 0.370 e. The number of carbonyl (C=O) groups is 2. The largest absolute Gasteiger partial charge is 0.477 e. The molecule has 0 bridgehead atoms. The standard InChI is InChI=1S/C22H13Br2NO4/c23-15-8-5-9-16(24)21(15)29-22(28)20-13-6-1-3-10-17(13)25(12-19(26)27)18-11-4-2-7-14(18)20/h1-11H,12H2/p+1. The highest BCUT2D eigenvalue weighted by molar-refractivity contribution is 9.11. The fraction of sp³-hybridized carbons (Fsp3) is 0.0455. The fourth-order valence-corrected chi connectivity index (χ4v) is 4.53. The number of rotatable bonds is 4. The van der Waals surface area contributed by atoms with Gasteiger partial charge in [-0.2, -0.15) is 4.57 Å². The third-order valence-corrected chi connectivity index (χ3v) is 5.79. The van der Waals surface area contributed by atoms with Crippen molar-refractivity contribution < 1.29 is 24.0 Å². The van der Waals surface area contributed by atoms with Gasteiger partial charge < -0.3 is 9.84 Å². The average Bonchev–Trinajstić information content (AvgIpc) is 2.70. The van der Waals surface area contributed by atoms with Gasteiger partial charge in [-0.15, -0.1) is 0 Å². The van der Waals surface area contributed by atoms with Gasteiger partial charge in [0.1, 0.15) is 0 Å². The van der Waals surface area contributed by atoms with Crippen molar-refractivity contribution in [1.82, 2.24) is 0 Å². The van der Waals surface area contributed by atoms with Crippen LogP contribution in [0.3, 0.4) is 0 Å². The summed E-state index contributed by atoms with van der Waals surface area (Å²) in [7, 11) is 0. The van der Waals surface area contributed by atoms with Gasteiger partial charge in [0, 0.05) is 12.1 Å². The van der Waals surface area contributed by atoms with Crippen molar-refractivity contribution >= 4 is 65.6 Å². The maximum atomic E-state index is 13.3. The van der Waals surface area contributed by atoms with E-state index in [4.69, 9.17) is 4.74 Å². The summed E-state index contributed by atoms with van der Waals surface area (Å²) >= 11 is 6.82. The third kappa shape index (κ3) is 3.63. The molecular formula is C22H14Br2NO4+. The molecule has 4 rings (SSSR count). The zero-order valence-corrected chi connectivity index (χ0v) is 18.1. The van der Waals surface area contributed by atoms with E-state index in [0.29, 0.717) is 42.1 Å². The molecule has 0 fully saturated rings. The fourth-order valence-electron chi connectivity index (χ4n) is 3.36. The number of para-hydroxylation sites is 3. The van der Waals surface area contributed by atoms with Crippen molar-refractivity contribution in [3.8, 4) is 5.75 Å². The quantitative estimate of drug-likeness (QED) is 0.177. The van der Waals surface area contributed by atoms with Crippen molar-refractivity contribution in [2.45, 2.75) is 6.54 Å². The minimum Gasteiger partial charge on any atom is -0.477 e. The van der Waals surface area contributed by atoms with Gasteiger partial charge in [-0.05, 0) is 56.1 Å². The van der Waals surface area contributed by atoms with Gasteiger partial charge in [-0.3, -0.25) is 0 Å². The maximum Gasteiger partial charge on any atom is 0.370 e. The summed E-state index contributed by atoms with van der Waals surface area (Å²) in [6.45, 7) is -0.216. The number of nitrogens with zero attached hydrogens (tertiary/aromatic N) is 1. The lowest BCUT2D eigenvalue weighted by Gasteiger charge is -2.12. The molecule has 0 aliphatic carbocycles. The Morgan fingerprint density at radius 2 is 1.34 bits per heavy atom. The molecule has 0 aliphatic rings. The van der Waals surface area contributed by atoms with Crippen molar-refractivity contribution in [1.29, 1.82) is 0 Å². The number of ether oxygens (including phenoxy) is 1. The summed E-state index contributed by atoms with van der Waals surface area (Å²) in [5.41, 5.74) is 1.68. The molecule has 4 aromatic rings. The number of carboxylic acid groups (broad SMARTS) is 1. The number of carboxylic acids is 1. The molecule has 0 unspecified atom stereocenters. The minimum absolute atomic E-state index is 0.216. The Bertz CT molecular complexity index is 1210. The van der Waals surface area contributed by atoms with Crippen molar-refractivity contribution in [2.75, 3.05) is 0 Å². The number of esters is 1. The van der Waals surface area contributed by atoms with E-state index in [2.05, 4.69) is 31.9 Å². The highest BCUT2D eigenvalue weighted by Crippen LogP contribution is 2.35. The summed E-state index contributed by atoms with van der Waals surface area (Å²) in [6.07, 6.45) is 0. The summed E-state index contributed by atoms with van der Waals surface area (Å²) in [4.78, 5) is 24.8.